The van der Waals surface area contributed by atoms with Gasteiger partial charge < -0.3 is 14.0 Å². The number of nitrogens with zero attached hydrogens (tertiary/aromatic N) is 2. The summed E-state index contributed by atoms with van der Waals surface area (Å²) in [5.41, 5.74) is -1.24. The molecule has 0 saturated heterocycles. The molecular formula is C51H92F3N2O3P. The molecule has 0 N–H and O–H groups in total. The Bertz CT molecular complexity index is 1250. The van der Waals surface area contributed by atoms with E-state index in [0.29, 0.717) is 53.7 Å². The van der Waals surface area contributed by atoms with Crippen LogP contribution in [0.1, 0.15) is 216 Å². The zero-order valence-electron chi connectivity index (χ0n) is 40.2. The van der Waals surface area contributed by atoms with Gasteiger partial charge in [-0.2, -0.15) is 18.4 Å². The van der Waals surface area contributed by atoms with Crippen LogP contribution in [0.4, 0.5) is 13.2 Å². The summed E-state index contributed by atoms with van der Waals surface area (Å²) >= 11 is 0. The molecule has 0 aliphatic heterocycles. The van der Waals surface area contributed by atoms with E-state index in [4.69, 9.17) is 19.3 Å². The fourth-order valence-corrected chi connectivity index (χ4v) is 15.4. The summed E-state index contributed by atoms with van der Waals surface area (Å²) in [6.07, 6.45) is 26.8. The number of ether oxygens (including phenoxy) is 2. The Kier molecular flexibility index (Phi) is 21.5. The van der Waals surface area contributed by atoms with E-state index >= 15 is 0 Å². The van der Waals surface area contributed by atoms with Crippen molar-refractivity contribution in [1.29, 1.82) is 5.26 Å². The van der Waals surface area contributed by atoms with Crippen LogP contribution in [0, 0.1) is 57.7 Å². The summed E-state index contributed by atoms with van der Waals surface area (Å²) in [7, 11) is -0.685. The van der Waals surface area contributed by atoms with Crippen LogP contribution in [0.15, 0.2) is 0 Å². The van der Waals surface area contributed by atoms with Gasteiger partial charge >= 0.3 is 6.18 Å². The lowest BCUT2D eigenvalue weighted by Crippen LogP contribution is -2.54. The molecule has 4 aliphatic carbocycles. The van der Waals surface area contributed by atoms with Crippen molar-refractivity contribution in [1.82, 2.24) is 4.67 Å². The third kappa shape index (κ3) is 14.3. The smallest absolute Gasteiger partial charge is 0.378 e. The SMILES string of the molecule is CC(C)N(C(C)C)P(CCC#N)OCCCCCCCCCCCCCCO[C@@H]1CC[C@@]2(C)[C@H](CC[C@@H]3[C@@H]2CC[C@]2(C)[C@@H]([C@H](C)CCCOC(C)(C)C(F)(F)F)CC[C@@H]32)C1. The van der Waals surface area contributed by atoms with E-state index in [1.807, 2.05) is 0 Å². The Morgan fingerprint density at radius 1 is 0.700 bits per heavy atom. The van der Waals surface area contributed by atoms with Crippen molar-refractivity contribution in [3.05, 3.63) is 0 Å². The zero-order valence-corrected chi connectivity index (χ0v) is 41.1. The number of rotatable bonds is 28. The predicted octanol–water partition coefficient (Wildman–Crippen LogP) is 15.8. The van der Waals surface area contributed by atoms with Crippen LogP contribution < -0.4 is 0 Å². The molecule has 9 heteroatoms. The molecule has 4 rings (SSSR count). The van der Waals surface area contributed by atoms with E-state index in [0.717, 1.165) is 69.7 Å². The molecule has 4 saturated carbocycles. The number of alkyl halides is 3. The molecular weight excluding hydrogens is 777 g/mol. The van der Waals surface area contributed by atoms with Crippen LogP contribution >= 0.6 is 8.30 Å². The van der Waals surface area contributed by atoms with Crippen LogP contribution in [0.2, 0.25) is 0 Å². The van der Waals surface area contributed by atoms with Crippen LogP contribution in [-0.2, 0) is 14.0 Å². The van der Waals surface area contributed by atoms with Gasteiger partial charge in [-0.25, -0.2) is 0 Å². The number of fused-ring (bicyclic) bond motifs is 5. The normalized spacial score (nSPS) is 30.6. The Balaban J connectivity index is 1.02. The first-order valence-corrected chi connectivity index (χ1v) is 26.7. The van der Waals surface area contributed by atoms with Gasteiger partial charge in [0.05, 0.1) is 18.8 Å². The minimum absolute atomic E-state index is 0.185. The summed E-state index contributed by atoms with van der Waals surface area (Å²) in [4.78, 5) is 0. The van der Waals surface area contributed by atoms with Crippen LogP contribution in [0.3, 0.4) is 0 Å². The molecule has 5 nitrogen and oxygen atoms in total. The molecule has 4 aliphatic rings. The Morgan fingerprint density at radius 3 is 1.85 bits per heavy atom. The molecule has 0 amide bonds. The van der Waals surface area contributed by atoms with Gasteiger partial charge in [0.25, 0.3) is 0 Å². The largest absolute Gasteiger partial charge is 0.416 e. The summed E-state index contributed by atoms with van der Waals surface area (Å²) < 4.78 is 60.5. The first kappa shape index (κ1) is 52.2. The number of nitriles is 1. The first-order chi connectivity index (χ1) is 28.5. The zero-order chi connectivity index (χ0) is 44.0. The number of unbranched alkanes of at least 4 members (excludes halogenated alkanes) is 11. The molecule has 4 fully saturated rings. The molecule has 0 aromatic carbocycles. The lowest BCUT2D eigenvalue weighted by Gasteiger charge is -2.61. The quantitative estimate of drug-likeness (QED) is 0.0579. The van der Waals surface area contributed by atoms with Crippen molar-refractivity contribution in [2.24, 2.45) is 46.3 Å². The first-order valence-electron chi connectivity index (χ1n) is 25.3. The van der Waals surface area contributed by atoms with Gasteiger partial charge in [0.15, 0.2) is 5.60 Å². The second-order valence-corrected chi connectivity index (χ2v) is 23.6. The second kappa shape index (κ2) is 24.7. The highest BCUT2D eigenvalue weighted by Gasteiger charge is 2.60. The minimum Gasteiger partial charge on any atom is -0.378 e. The average Bonchev–Trinajstić information content (AvgIpc) is 3.54. The van der Waals surface area contributed by atoms with Gasteiger partial charge in [0.1, 0.15) is 8.30 Å². The highest BCUT2D eigenvalue weighted by molar-refractivity contribution is 7.50. The van der Waals surface area contributed by atoms with E-state index < -0.39 is 20.1 Å². The summed E-state index contributed by atoms with van der Waals surface area (Å²) in [6.45, 7) is 20.8. The van der Waals surface area contributed by atoms with Gasteiger partial charge in [-0.1, -0.05) is 85.0 Å². The van der Waals surface area contributed by atoms with Crippen molar-refractivity contribution in [2.75, 3.05) is 26.0 Å². The molecule has 60 heavy (non-hydrogen) atoms. The summed E-state index contributed by atoms with van der Waals surface area (Å²) in [6, 6.07) is 3.20. The molecule has 10 atom stereocenters. The van der Waals surface area contributed by atoms with Crippen molar-refractivity contribution in [3.8, 4) is 6.07 Å². The summed E-state index contributed by atoms with van der Waals surface area (Å²) in [5.74, 6) is 4.52. The van der Waals surface area contributed by atoms with Gasteiger partial charge in [0.2, 0.25) is 0 Å². The van der Waals surface area contributed by atoms with E-state index in [9.17, 15) is 13.2 Å². The molecule has 0 bridgehead atoms. The van der Waals surface area contributed by atoms with E-state index in [1.54, 1.807) is 0 Å². The molecule has 0 aromatic rings. The van der Waals surface area contributed by atoms with Gasteiger partial charge in [-0.05, 0) is 171 Å². The maximum absolute atomic E-state index is 13.3. The third-order valence-corrected chi connectivity index (χ3v) is 19.2. The van der Waals surface area contributed by atoms with Crippen LogP contribution in [0.5, 0.6) is 0 Å². The van der Waals surface area contributed by atoms with E-state index in [1.165, 1.54) is 128 Å². The molecule has 1 unspecified atom stereocenters. The van der Waals surface area contributed by atoms with E-state index in [-0.39, 0.29) is 6.61 Å². The van der Waals surface area contributed by atoms with Crippen molar-refractivity contribution in [2.45, 2.75) is 246 Å². The summed E-state index contributed by atoms with van der Waals surface area (Å²) in [5, 5.41) is 9.11. The van der Waals surface area contributed by atoms with Crippen LogP contribution in [-0.4, -0.2) is 60.6 Å². The topological polar surface area (TPSA) is 54.7 Å². The maximum Gasteiger partial charge on any atom is 0.416 e. The maximum atomic E-state index is 13.3. The average molecular weight is 869 g/mol. The van der Waals surface area contributed by atoms with Gasteiger partial charge in [-0.3, -0.25) is 4.67 Å². The van der Waals surface area contributed by atoms with Gasteiger partial charge in [-0.15, -0.1) is 0 Å². The van der Waals surface area contributed by atoms with Crippen LogP contribution in [0.25, 0.3) is 0 Å². The highest BCUT2D eigenvalue weighted by atomic mass is 31.2. The predicted molar refractivity (Wildman–Crippen MR) is 245 cm³/mol. The van der Waals surface area contributed by atoms with Crippen molar-refractivity contribution in [3.63, 3.8) is 0 Å². The molecule has 0 radical (unpaired) electrons. The third-order valence-electron chi connectivity index (χ3n) is 16.7. The van der Waals surface area contributed by atoms with Crippen molar-refractivity contribution < 1.29 is 27.2 Å². The second-order valence-electron chi connectivity index (χ2n) is 21.8. The minimum atomic E-state index is -4.33. The Morgan fingerprint density at radius 2 is 1.27 bits per heavy atom. The monoisotopic (exact) mass is 869 g/mol. The fraction of sp³-hybridized carbons (Fsp3) is 0.980. The lowest BCUT2D eigenvalue weighted by molar-refractivity contribution is -0.263. The number of hydrogen-bond donors (Lipinski definition) is 0. The molecule has 0 aromatic heterocycles. The fourth-order valence-electron chi connectivity index (χ4n) is 13.3. The van der Waals surface area contributed by atoms with Gasteiger partial charge in [0, 0.05) is 37.9 Å². The van der Waals surface area contributed by atoms with Crippen molar-refractivity contribution >= 4 is 8.30 Å². The van der Waals surface area contributed by atoms with E-state index in [2.05, 4.69) is 59.2 Å². The number of hydrogen-bond acceptors (Lipinski definition) is 5. The number of halogens is 3. The molecule has 0 heterocycles. The Hall–Kier alpha value is -0.450. The highest BCUT2D eigenvalue weighted by Crippen LogP contribution is 2.68. The standard InChI is InChI=1S/C51H92F3N2O3P/c1-39(2)56(40(3)4)60(37-23-33-55)59-36-21-19-17-15-13-11-10-12-14-16-18-20-34-57-43-29-31-49(8)42(38-43)25-26-44-46-28-27-45(50(46,9)32-30-47(44)49)41(5)24-22-35-58-48(6,7)51(52,53)54/h39-47H,10-32,34-38H2,1-9H3/t41-,42-,43-,44+,45-,46+,47+,49+,50-,60?/m1/s1. The molecule has 350 valence electrons. The Labute approximate surface area is 369 Å². The molecule has 0 spiro atoms. The lowest BCUT2D eigenvalue weighted by atomic mass is 9.44.